The number of anilines is 3. The van der Waals surface area contributed by atoms with E-state index in [1.807, 2.05) is 54.3 Å². The van der Waals surface area contributed by atoms with Crippen LogP contribution in [0.15, 0.2) is 102 Å². The van der Waals surface area contributed by atoms with Crippen molar-refractivity contribution < 1.29 is 34.5 Å². The number of hydrogen-bond donors (Lipinski definition) is 4. The number of carbonyl (C=O) groups is 2. The molecule has 4 N–H and O–H groups in total. The standard InChI is InChI=1S/C56H58ClN5O5/c1-10-62-40-22-34(57)17-21-41(40)67-42(62)23-38-51(63)45(52(38)64)35-19-15-33-16-20-37(50-44(33)49(35)60-56(61-50,26-30(6)7)27-31(8)9)47-53(65)46(54(47)66)36-18-14-32-12-11-13-39-43(32)48(36)59-55(58-39,24-28(2)3)25-29(4)5/h11-23,28-31,58,61,63,65H,10,24-27H2,1-9H3/b42-23-,45-35-,46-36-. The molecule has 3 heterocycles. The van der Waals surface area contributed by atoms with Crippen LogP contribution in [0.5, 0.6) is 5.75 Å². The molecule has 10 rings (SSSR count). The second-order valence-corrected chi connectivity index (χ2v) is 21.3. The zero-order valence-corrected chi connectivity index (χ0v) is 40.5. The van der Waals surface area contributed by atoms with Crippen LogP contribution in [0, 0.1) is 23.7 Å². The van der Waals surface area contributed by atoms with E-state index in [1.54, 1.807) is 18.2 Å². The first-order chi connectivity index (χ1) is 31.9. The summed E-state index contributed by atoms with van der Waals surface area (Å²) < 4.78 is 6.13. The zero-order valence-electron chi connectivity index (χ0n) is 39.7. The van der Waals surface area contributed by atoms with Crippen LogP contribution in [0.1, 0.15) is 93.6 Å². The number of halogens is 1. The average Bonchev–Trinajstić information content (AvgIpc) is 3.60. The fraction of sp³-hybridized carbons (Fsp3) is 0.357. The Labute approximate surface area is 395 Å². The van der Waals surface area contributed by atoms with Gasteiger partial charge >= 0.3 is 0 Å². The maximum Gasteiger partial charge on any atom is 0.235 e. The number of rotatable bonds is 11. The van der Waals surface area contributed by atoms with Crippen molar-refractivity contribution in [1.29, 1.82) is 0 Å². The molecular weight excluding hydrogens is 858 g/mol. The van der Waals surface area contributed by atoms with E-state index in [0.29, 0.717) is 80.3 Å². The lowest BCUT2D eigenvalue weighted by molar-refractivity contribution is -0.589. The van der Waals surface area contributed by atoms with E-state index in [-0.39, 0.29) is 57.2 Å². The lowest BCUT2D eigenvalue weighted by Gasteiger charge is -2.37. The summed E-state index contributed by atoms with van der Waals surface area (Å²) in [4.78, 5) is 38.9. The molecule has 2 aliphatic carbocycles. The van der Waals surface area contributed by atoms with Crippen molar-refractivity contribution in [3.63, 3.8) is 0 Å². The van der Waals surface area contributed by atoms with Gasteiger partial charge in [-0.3, -0.25) is 9.59 Å². The highest BCUT2D eigenvalue weighted by Gasteiger charge is 2.44. The number of benzene rings is 5. The average molecular weight is 917 g/mol. The molecule has 344 valence electrons. The summed E-state index contributed by atoms with van der Waals surface area (Å²) in [5.74, 6) is 0.785. The second kappa shape index (κ2) is 16.1. The van der Waals surface area contributed by atoms with E-state index >= 15 is 0 Å². The number of hydrogen-bond acceptors (Lipinski definition) is 8. The van der Waals surface area contributed by atoms with Gasteiger partial charge in [0.1, 0.15) is 0 Å². The molecule has 3 aliphatic heterocycles. The summed E-state index contributed by atoms with van der Waals surface area (Å²) in [7, 11) is 0. The number of nitrogens with one attached hydrogen (secondary N) is 4. The van der Waals surface area contributed by atoms with E-state index in [1.165, 1.54) is 6.08 Å². The van der Waals surface area contributed by atoms with Gasteiger partial charge in [0, 0.05) is 71.2 Å². The minimum atomic E-state index is -0.749. The number of Topliss-reactive ketones (excluding diaryl/α,β-unsaturated/α-hetero) is 2. The molecule has 11 heteroatoms. The summed E-state index contributed by atoms with van der Waals surface area (Å²) in [5, 5.41) is 43.6. The Bertz CT molecular complexity index is 3360. The van der Waals surface area contributed by atoms with E-state index < -0.39 is 11.3 Å². The maximum atomic E-state index is 14.9. The van der Waals surface area contributed by atoms with Crippen molar-refractivity contribution in [2.45, 2.75) is 99.3 Å². The van der Waals surface area contributed by atoms with Gasteiger partial charge < -0.3 is 30.5 Å². The monoisotopic (exact) mass is 915 g/mol. The third-order valence-electron chi connectivity index (χ3n) is 13.7. The number of ketones is 2. The lowest BCUT2D eigenvalue weighted by Crippen LogP contribution is -2.96. The molecule has 0 aromatic heterocycles. The van der Waals surface area contributed by atoms with Gasteiger partial charge in [0.15, 0.2) is 17.3 Å². The second-order valence-electron chi connectivity index (χ2n) is 20.8. The highest BCUT2D eigenvalue weighted by Crippen LogP contribution is 2.44. The molecule has 5 aliphatic rings. The van der Waals surface area contributed by atoms with Crippen LogP contribution in [0.4, 0.5) is 17.1 Å². The molecule has 0 radical (unpaired) electrons. The normalized spacial score (nSPS) is 20.1. The number of allylic oxidation sites excluding steroid dienone is 5. The molecule has 5 aromatic carbocycles. The van der Waals surface area contributed by atoms with Gasteiger partial charge in [-0.2, -0.15) is 0 Å². The van der Waals surface area contributed by atoms with Gasteiger partial charge in [-0.15, -0.1) is 0 Å². The minimum absolute atomic E-state index is 0.0354. The topological polar surface area (TPSA) is 145 Å². The van der Waals surface area contributed by atoms with Crippen molar-refractivity contribution in [1.82, 2.24) is 0 Å². The molecule has 0 spiro atoms. The Morgan fingerprint density at radius 2 is 1.25 bits per heavy atom. The third-order valence-corrected chi connectivity index (χ3v) is 13.9. The first kappa shape index (κ1) is 44.4. The van der Waals surface area contributed by atoms with Crippen molar-refractivity contribution in [2.75, 3.05) is 22.1 Å². The maximum absolute atomic E-state index is 14.9. The quantitative estimate of drug-likeness (QED) is 0.155. The van der Waals surface area contributed by atoms with E-state index in [2.05, 4.69) is 88.1 Å². The van der Waals surface area contributed by atoms with Gasteiger partial charge in [0.25, 0.3) is 0 Å². The number of nitrogens with zero attached hydrogens (tertiary/aromatic N) is 1. The van der Waals surface area contributed by atoms with E-state index in [4.69, 9.17) is 16.3 Å². The zero-order chi connectivity index (χ0) is 47.4. The summed E-state index contributed by atoms with van der Waals surface area (Å²) >= 11 is 6.32. The van der Waals surface area contributed by atoms with Crippen molar-refractivity contribution in [3.8, 4) is 5.75 Å². The van der Waals surface area contributed by atoms with Gasteiger partial charge in [-0.05, 0) is 77.8 Å². The molecule has 0 amide bonds. The number of fused-ring (bicyclic) bond motifs is 1. The van der Waals surface area contributed by atoms with E-state index in [9.17, 15) is 19.8 Å². The summed E-state index contributed by atoms with van der Waals surface area (Å²) in [6.07, 6.45) is 4.56. The summed E-state index contributed by atoms with van der Waals surface area (Å²) in [6.45, 7) is 20.0. The number of carbonyl (C=O) groups excluding carboxylic acids is 2. The van der Waals surface area contributed by atoms with E-state index in [0.717, 1.165) is 45.7 Å². The van der Waals surface area contributed by atoms with Crippen LogP contribution in [0.3, 0.4) is 0 Å². The molecule has 0 unspecified atom stereocenters. The molecule has 0 fully saturated rings. The minimum Gasteiger partial charge on any atom is -0.871 e. The lowest BCUT2D eigenvalue weighted by atomic mass is 9.79. The predicted molar refractivity (Wildman–Crippen MR) is 261 cm³/mol. The Kier molecular flexibility index (Phi) is 10.7. The molecular formula is C56H58ClN5O5. The van der Waals surface area contributed by atoms with Gasteiger partial charge in [-0.25, -0.2) is 9.98 Å². The fourth-order valence-electron chi connectivity index (χ4n) is 11.6. The Hall–Kier alpha value is -6.39. The first-order valence-corrected chi connectivity index (χ1v) is 24.2. The molecule has 0 atom stereocenters. The molecule has 0 saturated carbocycles. The smallest absolute Gasteiger partial charge is 0.235 e. The Morgan fingerprint density at radius 3 is 1.84 bits per heavy atom. The number of ether oxygens (including phenoxy) is 1. The Balaban J connectivity index is 1.19. The SMILES string of the molecule is CCN1/C(=C/C2=C([O-])C(=c3\ccc4ccc(C5=C([O-])/C(=c6\ccc7cccc8c7c6=[NH+]C(CC(C)C)(CC(C)C)N8)C5=O)c5c4c3=[NH+]C(CC(C)C)(CC(C)C)N5)/C2=O)Oc2ccc(Cl)cc21. The van der Waals surface area contributed by atoms with Gasteiger partial charge in [0.2, 0.25) is 27.9 Å². The van der Waals surface area contributed by atoms with Crippen molar-refractivity contribution >= 4 is 78.5 Å². The van der Waals surface area contributed by atoms with Crippen LogP contribution in [-0.2, 0) is 9.59 Å². The molecule has 0 saturated heterocycles. The Morgan fingerprint density at radius 1 is 0.687 bits per heavy atom. The highest BCUT2D eigenvalue weighted by atomic mass is 35.5. The van der Waals surface area contributed by atoms with Crippen LogP contribution in [0.25, 0.3) is 38.3 Å². The first-order valence-electron chi connectivity index (χ1n) is 23.8. The highest BCUT2D eigenvalue weighted by molar-refractivity contribution is 6.52. The molecule has 0 bridgehead atoms. The predicted octanol–water partition coefficient (Wildman–Crippen LogP) is 4.09. The molecule has 67 heavy (non-hydrogen) atoms. The van der Waals surface area contributed by atoms with Crippen molar-refractivity contribution in [3.05, 3.63) is 134 Å². The summed E-state index contributed by atoms with van der Waals surface area (Å²) in [5.41, 5.74) is 2.07. The van der Waals surface area contributed by atoms with Gasteiger partial charge in [0.05, 0.1) is 38.3 Å². The van der Waals surface area contributed by atoms with Crippen LogP contribution in [0.2, 0.25) is 5.02 Å². The summed E-state index contributed by atoms with van der Waals surface area (Å²) in [6, 6.07) is 22.9. The van der Waals surface area contributed by atoms with Crippen LogP contribution < -0.4 is 61.6 Å². The van der Waals surface area contributed by atoms with Crippen LogP contribution >= 0.6 is 11.6 Å². The van der Waals surface area contributed by atoms with Gasteiger partial charge in [-0.1, -0.05) is 115 Å². The third kappa shape index (κ3) is 7.21. The fourth-order valence-corrected chi connectivity index (χ4v) is 11.8. The van der Waals surface area contributed by atoms with Crippen LogP contribution in [-0.4, -0.2) is 29.4 Å². The molecule has 10 nitrogen and oxygen atoms in total. The van der Waals surface area contributed by atoms with Crippen molar-refractivity contribution in [2.24, 2.45) is 23.7 Å². The molecule has 5 aromatic rings. The largest absolute Gasteiger partial charge is 0.871 e.